The van der Waals surface area contributed by atoms with Crippen molar-refractivity contribution in [3.05, 3.63) is 48.5 Å². The molecule has 2 aromatic carbocycles. The fraction of sp³-hybridized carbons (Fsp3) is 0.375. The summed E-state index contributed by atoms with van der Waals surface area (Å²) in [5, 5.41) is 3.12. The van der Waals surface area contributed by atoms with E-state index in [1.54, 1.807) is 10.4 Å². The molecule has 0 aliphatic heterocycles. The summed E-state index contributed by atoms with van der Waals surface area (Å²) in [4.78, 5) is 0. The van der Waals surface area contributed by atoms with Gasteiger partial charge in [-0.05, 0) is 0 Å². The third kappa shape index (κ3) is 9.93. The molecule has 0 saturated heterocycles. The first-order chi connectivity index (χ1) is 8.21. The monoisotopic (exact) mass is 392 g/mol. The van der Waals surface area contributed by atoms with Crippen molar-refractivity contribution < 1.29 is 46.5 Å². The summed E-state index contributed by atoms with van der Waals surface area (Å²) in [6.07, 6.45) is 0. The number of halogens is 2. The molecule has 0 aliphatic rings. The molecule has 2 aromatic rings. The Hall–Kier alpha value is 0.428. The van der Waals surface area contributed by atoms with Crippen LogP contribution in [0.15, 0.2) is 48.5 Å². The van der Waals surface area contributed by atoms with Crippen molar-refractivity contribution in [1.82, 2.24) is 0 Å². The maximum Gasteiger partial charge on any atom is 4.00 e. The molecular formula is C16H26Cl2Si2Ti. The van der Waals surface area contributed by atoms with Gasteiger partial charge in [-0.3, -0.25) is 0 Å². The molecule has 0 amide bonds. The van der Waals surface area contributed by atoms with Gasteiger partial charge in [-0.1, -0.05) is 39.3 Å². The van der Waals surface area contributed by atoms with E-state index in [0.29, 0.717) is 0 Å². The van der Waals surface area contributed by atoms with Crippen molar-refractivity contribution in [2.75, 3.05) is 0 Å². The Kier molecular flexibility index (Phi) is 13.8. The first-order valence-electron chi connectivity index (χ1n) is 6.65. The van der Waals surface area contributed by atoms with Crippen molar-refractivity contribution >= 4 is 26.5 Å². The van der Waals surface area contributed by atoms with Gasteiger partial charge in [0.15, 0.2) is 0 Å². The summed E-state index contributed by atoms with van der Waals surface area (Å²) in [6.45, 7) is 14.2. The second kappa shape index (κ2) is 11.0. The van der Waals surface area contributed by atoms with Gasteiger partial charge in [-0.25, -0.2) is 24.3 Å². The zero-order chi connectivity index (χ0) is 13.8. The molecule has 0 aromatic heterocycles. The van der Waals surface area contributed by atoms with Gasteiger partial charge in [0, 0.05) is 16.1 Å². The van der Waals surface area contributed by atoms with Gasteiger partial charge >= 0.3 is 21.7 Å². The van der Waals surface area contributed by atoms with E-state index in [-0.39, 0.29) is 46.5 Å². The Morgan fingerprint density at radius 3 is 0.810 bits per heavy atom. The summed E-state index contributed by atoms with van der Waals surface area (Å²) in [7, 11) is -1.96. The van der Waals surface area contributed by atoms with Crippen molar-refractivity contribution in [2.24, 2.45) is 0 Å². The Balaban J connectivity index is -0.000000270. The Morgan fingerprint density at radius 1 is 0.524 bits per heavy atom. The van der Waals surface area contributed by atoms with E-state index in [1.165, 1.54) is 0 Å². The minimum Gasteiger partial charge on any atom is -1.00 e. The topological polar surface area (TPSA) is 0 Å². The van der Waals surface area contributed by atoms with Crippen LogP contribution in [-0.4, -0.2) is 16.1 Å². The van der Waals surface area contributed by atoms with Crippen LogP contribution in [0.4, 0.5) is 0 Å². The molecule has 0 bridgehead atoms. The fourth-order valence-corrected chi connectivity index (χ4v) is 4.13. The average molecular weight is 393 g/mol. The summed E-state index contributed by atoms with van der Waals surface area (Å²) in [5.41, 5.74) is 0. The van der Waals surface area contributed by atoms with Crippen LogP contribution in [0.2, 0.25) is 39.3 Å². The summed E-state index contributed by atoms with van der Waals surface area (Å²) >= 11 is 0. The van der Waals surface area contributed by atoms with Crippen LogP contribution in [-0.2, 0) is 21.7 Å². The average Bonchev–Trinajstić information content (AvgIpc) is 2.91. The first-order valence-corrected chi connectivity index (χ1v) is 13.7. The zero-order valence-electron chi connectivity index (χ0n) is 13.9. The van der Waals surface area contributed by atoms with Gasteiger partial charge in [-0.2, -0.15) is 34.6 Å². The molecule has 0 saturated carbocycles. The fourth-order valence-electron chi connectivity index (χ4n) is 1.75. The van der Waals surface area contributed by atoms with Crippen LogP contribution in [0.1, 0.15) is 0 Å². The van der Waals surface area contributed by atoms with E-state index in [0.717, 1.165) is 0 Å². The van der Waals surface area contributed by atoms with E-state index >= 15 is 0 Å². The maximum atomic E-state index is 2.36. The molecule has 0 aliphatic carbocycles. The quantitative estimate of drug-likeness (QED) is 0.406. The standard InChI is InChI=1S/2C8H13Si.2ClH.Ti/c2*1-9(2,3)8-6-4-5-7-8;;;/h2*4-7H,1-3H3;2*1H;/q2*-1;;;+4/p-2. The Labute approximate surface area is 160 Å². The number of rotatable bonds is 2. The van der Waals surface area contributed by atoms with Crippen molar-refractivity contribution in [1.29, 1.82) is 0 Å². The van der Waals surface area contributed by atoms with Crippen LogP contribution >= 0.6 is 0 Å². The molecule has 0 radical (unpaired) electrons. The molecule has 0 atom stereocenters. The van der Waals surface area contributed by atoms with Crippen molar-refractivity contribution in [3.63, 3.8) is 0 Å². The number of hydrogen-bond donors (Lipinski definition) is 0. The van der Waals surface area contributed by atoms with E-state index in [4.69, 9.17) is 0 Å². The van der Waals surface area contributed by atoms with Gasteiger partial charge in [-0.15, -0.1) is 0 Å². The Morgan fingerprint density at radius 2 is 0.714 bits per heavy atom. The predicted molar refractivity (Wildman–Crippen MR) is 90.0 cm³/mol. The molecule has 0 N–H and O–H groups in total. The third-order valence-electron chi connectivity index (χ3n) is 3.06. The van der Waals surface area contributed by atoms with Gasteiger partial charge in [0.25, 0.3) is 0 Å². The normalized spacial score (nSPS) is 10.2. The van der Waals surface area contributed by atoms with Crippen LogP contribution in [0.5, 0.6) is 0 Å². The van der Waals surface area contributed by atoms with Gasteiger partial charge in [0.05, 0.1) is 0 Å². The van der Waals surface area contributed by atoms with Crippen molar-refractivity contribution in [2.45, 2.75) is 39.3 Å². The van der Waals surface area contributed by atoms with Crippen LogP contribution in [0, 0.1) is 0 Å². The third-order valence-corrected chi connectivity index (χ3v) is 7.19. The van der Waals surface area contributed by atoms with Crippen LogP contribution in [0.3, 0.4) is 0 Å². The minimum absolute atomic E-state index is 0. The molecule has 0 unspecified atom stereocenters. The maximum absolute atomic E-state index is 2.36. The van der Waals surface area contributed by atoms with Gasteiger partial charge in [0.1, 0.15) is 0 Å². The molecule has 0 heterocycles. The van der Waals surface area contributed by atoms with Crippen molar-refractivity contribution in [3.8, 4) is 0 Å². The molecule has 0 spiro atoms. The van der Waals surface area contributed by atoms with E-state index in [1.807, 2.05) is 0 Å². The van der Waals surface area contributed by atoms with Gasteiger partial charge in [0.2, 0.25) is 0 Å². The van der Waals surface area contributed by atoms with Crippen LogP contribution < -0.4 is 35.2 Å². The largest absolute Gasteiger partial charge is 4.00 e. The molecule has 0 nitrogen and oxygen atoms in total. The summed E-state index contributed by atoms with van der Waals surface area (Å²) in [6, 6.07) is 17.4. The zero-order valence-corrected chi connectivity index (χ0v) is 18.9. The first kappa shape index (κ1) is 26.3. The van der Waals surface area contributed by atoms with Crippen LogP contribution in [0.25, 0.3) is 0 Å². The van der Waals surface area contributed by atoms with E-state index < -0.39 is 16.1 Å². The molecule has 5 heteroatoms. The Bertz CT molecular complexity index is 393. The van der Waals surface area contributed by atoms with E-state index in [2.05, 4.69) is 87.8 Å². The molecule has 21 heavy (non-hydrogen) atoms. The summed E-state index contributed by atoms with van der Waals surface area (Å²) < 4.78 is 0. The predicted octanol–water partition coefficient (Wildman–Crippen LogP) is -2.09. The SMILES string of the molecule is C[Si](C)(C)[c-]1cccc1.C[Si](C)(C)[c-]1cccc1.[Cl-].[Cl-].[Ti+4]. The molecule has 2 rings (SSSR count). The second-order valence-corrected chi connectivity index (χ2v) is 17.0. The second-order valence-electron chi connectivity index (χ2n) is 6.85. The molecular weight excluding hydrogens is 367 g/mol. The van der Waals surface area contributed by atoms with Gasteiger partial charge < -0.3 is 24.8 Å². The van der Waals surface area contributed by atoms with E-state index in [9.17, 15) is 0 Å². The smallest absolute Gasteiger partial charge is 1.00 e. The molecule has 0 fully saturated rings. The number of hydrogen-bond acceptors (Lipinski definition) is 0. The summed E-state index contributed by atoms with van der Waals surface area (Å²) in [5.74, 6) is 0. The minimum atomic E-state index is -0.981. The molecule has 116 valence electrons.